The molecule has 25 heavy (non-hydrogen) atoms. The molecule has 1 aromatic carbocycles. The lowest BCUT2D eigenvalue weighted by atomic mass is 9.91. The smallest absolute Gasteiger partial charge is 0.317 e. The van der Waals surface area contributed by atoms with Crippen molar-refractivity contribution in [3.8, 4) is 5.75 Å². The van der Waals surface area contributed by atoms with Crippen LogP contribution in [0.2, 0.25) is 0 Å². The maximum atomic E-state index is 12.8. The predicted octanol–water partition coefficient (Wildman–Crippen LogP) is 2.74. The van der Waals surface area contributed by atoms with Crippen LogP contribution in [0.25, 0.3) is 0 Å². The largest absolute Gasteiger partial charge is 0.494 e. The molecular formula is C18H25FN2O4. The Bertz CT molecular complexity index is 579. The zero-order valence-corrected chi connectivity index (χ0v) is 14.4. The number of carbonyl (C=O) groups excluding carboxylic acids is 1. The van der Waals surface area contributed by atoms with Gasteiger partial charge in [0.05, 0.1) is 12.5 Å². The van der Waals surface area contributed by atoms with E-state index in [4.69, 9.17) is 9.84 Å². The van der Waals surface area contributed by atoms with Gasteiger partial charge in [0.15, 0.2) is 0 Å². The van der Waals surface area contributed by atoms with E-state index >= 15 is 0 Å². The van der Waals surface area contributed by atoms with Crippen molar-refractivity contribution in [1.82, 2.24) is 10.2 Å². The molecule has 1 aromatic rings. The maximum Gasteiger partial charge on any atom is 0.317 e. The molecule has 0 spiro atoms. The molecule has 1 fully saturated rings. The summed E-state index contributed by atoms with van der Waals surface area (Å²) in [5.41, 5.74) is 0. The van der Waals surface area contributed by atoms with E-state index in [2.05, 4.69) is 5.32 Å². The van der Waals surface area contributed by atoms with Crippen molar-refractivity contribution in [2.75, 3.05) is 26.2 Å². The number of likely N-dealkylation sites (tertiary alicyclic amines) is 1. The van der Waals surface area contributed by atoms with Crippen LogP contribution >= 0.6 is 0 Å². The highest BCUT2D eigenvalue weighted by Crippen LogP contribution is 2.21. The number of carboxylic acid groups (broad SMARTS) is 1. The Hall–Kier alpha value is -2.31. The van der Waals surface area contributed by atoms with Crippen LogP contribution < -0.4 is 10.1 Å². The molecule has 1 aliphatic heterocycles. The number of nitrogens with one attached hydrogen (secondary N) is 1. The zero-order chi connectivity index (χ0) is 18.2. The van der Waals surface area contributed by atoms with Gasteiger partial charge >= 0.3 is 12.0 Å². The summed E-state index contributed by atoms with van der Waals surface area (Å²) < 4.78 is 18.2. The number of aliphatic carboxylic acids is 1. The van der Waals surface area contributed by atoms with Crippen LogP contribution in [-0.4, -0.2) is 48.2 Å². The Kier molecular flexibility index (Phi) is 7.03. The Labute approximate surface area is 147 Å². The van der Waals surface area contributed by atoms with E-state index in [-0.39, 0.29) is 24.3 Å². The number of amides is 2. The Morgan fingerprint density at radius 2 is 2.00 bits per heavy atom. The quantitative estimate of drug-likeness (QED) is 0.740. The van der Waals surface area contributed by atoms with Crippen molar-refractivity contribution >= 4 is 12.0 Å². The summed E-state index contributed by atoms with van der Waals surface area (Å²) in [7, 11) is 0. The summed E-state index contributed by atoms with van der Waals surface area (Å²) in [4.78, 5) is 24.9. The molecule has 0 aliphatic carbocycles. The number of halogens is 1. The molecule has 6 nitrogen and oxygen atoms in total. The summed E-state index contributed by atoms with van der Waals surface area (Å²) in [5.74, 6) is -0.828. The van der Waals surface area contributed by atoms with Crippen LogP contribution in [0.4, 0.5) is 9.18 Å². The lowest BCUT2D eigenvalue weighted by Gasteiger charge is -2.34. The fraction of sp³-hybridized carbons (Fsp3) is 0.556. The first-order chi connectivity index (χ1) is 12.0. The van der Waals surface area contributed by atoms with Gasteiger partial charge in [0.2, 0.25) is 0 Å². The molecule has 2 amide bonds. The van der Waals surface area contributed by atoms with Gasteiger partial charge in [-0.2, -0.15) is 0 Å². The van der Waals surface area contributed by atoms with Crippen molar-refractivity contribution in [2.45, 2.75) is 26.2 Å². The van der Waals surface area contributed by atoms with Crippen LogP contribution in [-0.2, 0) is 4.79 Å². The van der Waals surface area contributed by atoms with E-state index in [9.17, 15) is 14.0 Å². The minimum Gasteiger partial charge on any atom is -0.494 e. The first-order valence-corrected chi connectivity index (χ1v) is 8.59. The van der Waals surface area contributed by atoms with Crippen LogP contribution in [0.5, 0.6) is 5.75 Å². The molecule has 0 aromatic heterocycles. The molecule has 1 heterocycles. The van der Waals surface area contributed by atoms with Crippen LogP contribution in [0, 0.1) is 17.7 Å². The highest BCUT2D eigenvalue weighted by atomic mass is 19.1. The highest BCUT2D eigenvalue weighted by molar-refractivity contribution is 5.76. The maximum absolute atomic E-state index is 12.8. The topological polar surface area (TPSA) is 78.9 Å². The summed E-state index contributed by atoms with van der Waals surface area (Å²) in [5, 5.41) is 12.0. The third-order valence-corrected chi connectivity index (χ3v) is 4.23. The second-order valence-corrected chi connectivity index (χ2v) is 6.52. The van der Waals surface area contributed by atoms with E-state index in [1.54, 1.807) is 17.0 Å². The molecule has 1 saturated heterocycles. The van der Waals surface area contributed by atoms with Crippen molar-refractivity contribution < 1.29 is 23.8 Å². The molecular weight excluding hydrogens is 327 g/mol. The number of unbranched alkanes of at least 4 members (excludes halogenated alkanes) is 1. The van der Waals surface area contributed by atoms with Crippen LogP contribution in [0.3, 0.4) is 0 Å². The van der Waals surface area contributed by atoms with E-state index in [1.165, 1.54) is 12.1 Å². The fourth-order valence-corrected chi connectivity index (χ4v) is 2.95. The van der Waals surface area contributed by atoms with Crippen LogP contribution in [0.1, 0.15) is 26.2 Å². The van der Waals surface area contributed by atoms with E-state index in [1.807, 2.05) is 6.92 Å². The lowest BCUT2D eigenvalue weighted by Crippen LogP contribution is -2.49. The number of hydrogen-bond acceptors (Lipinski definition) is 3. The third kappa shape index (κ3) is 6.25. The molecule has 2 atom stereocenters. The monoisotopic (exact) mass is 352 g/mol. The SMILES string of the molecule is CC1CC(C(=O)O)CN(C(=O)NCCCCOc2ccc(F)cc2)C1. The second-order valence-electron chi connectivity index (χ2n) is 6.52. The molecule has 2 rings (SSSR count). The van der Waals surface area contributed by atoms with Crippen molar-refractivity contribution in [3.05, 3.63) is 30.1 Å². The molecule has 7 heteroatoms. The molecule has 2 N–H and O–H groups in total. The van der Waals surface area contributed by atoms with Gasteiger partial charge in [-0.3, -0.25) is 4.79 Å². The molecule has 138 valence electrons. The summed E-state index contributed by atoms with van der Waals surface area (Å²) >= 11 is 0. The predicted molar refractivity (Wildman–Crippen MR) is 91.0 cm³/mol. The third-order valence-electron chi connectivity index (χ3n) is 4.23. The van der Waals surface area contributed by atoms with Gasteiger partial charge in [0.25, 0.3) is 0 Å². The van der Waals surface area contributed by atoms with E-state index in [0.29, 0.717) is 31.9 Å². The van der Waals surface area contributed by atoms with Gasteiger partial charge in [-0.05, 0) is 49.4 Å². The Morgan fingerprint density at radius 3 is 2.68 bits per heavy atom. The number of ether oxygens (including phenoxy) is 1. The number of carboxylic acids is 1. The second kappa shape index (κ2) is 9.25. The number of hydrogen-bond donors (Lipinski definition) is 2. The van der Waals surface area contributed by atoms with Gasteiger partial charge in [-0.15, -0.1) is 0 Å². The first-order valence-electron chi connectivity index (χ1n) is 8.59. The van der Waals surface area contributed by atoms with Crippen molar-refractivity contribution in [2.24, 2.45) is 11.8 Å². The number of nitrogens with zero attached hydrogens (tertiary/aromatic N) is 1. The van der Waals surface area contributed by atoms with Gasteiger partial charge in [-0.1, -0.05) is 6.92 Å². The molecule has 1 aliphatic rings. The van der Waals surface area contributed by atoms with Crippen LogP contribution in [0.15, 0.2) is 24.3 Å². The number of piperidine rings is 1. The Morgan fingerprint density at radius 1 is 1.28 bits per heavy atom. The number of benzene rings is 1. The lowest BCUT2D eigenvalue weighted by molar-refractivity contribution is -0.143. The first kappa shape index (κ1) is 19.0. The van der Waals surface area contributed by atoms with Gasteiger partial charge < -0.3 is 20.1 Å². The number of urea groups is 1. The molecule has 0 bridgehead atoms. The van der Waals surface area contributed by atoms with Gasteiger partial charge in [-0.25, -0.2) is 9.18 Å². The minimum atomic E-state index is -0.845. The molecule has 0 saturated carbocycles. The number of rotatable bonds is 7. The minimum absolute atomic E-state index is 0.185. The summed E-state index contributed by atoms with van der Waals surface area (Å²) in [6.07, 6.45) is 2.12. The fourth-order valence-electron chi connectivity index (χ4n) is 2.95. The standard InChI is InChI=1S/C18H25FN2O4/c1-13-10-14(17(22)23)12-21(11-13)18(24)20-8-2-3-9-25-16-6-4-15(19)5-7-16/h4-7,13-14H,2-3,8-12H2,1H3,(H,20,24)(H,22,23). The summed E-state index contributed by atoms with van der Waals surface area (Å²) in [6.45, 7) is 3.81. The molecule has 2 unspecified atom stereocenters. The van der Waals surface area contributed by atoms with Crippen molar-refractivity contribution in [3.63, 3.8) is 0 Å². The molecule has 0 radical (unpaired) electrons. The normalized spacial score (nSPS) is 20.2. The number of carbonyl (C=O) groups is 2. The van der Waals surface area contributed by atoms with Crippen molar-refractivity contribution in [1.29, 1.82) is 0 Å². The average Bonchev–Trinajstić information content (AvgIpc) is 2.58. The van der Waals surface area contributed by atoms with Gasteiger partial charge in [0, 0.05) is 19.6 Å². The van der Waals surface area contributed by atoms with E-state index in [0.717, 1.165) is 12.8 Å². The van der Waals surface area contributed by atoms with E-state index < -0.39 is 11.9 Å². The summed E-state index contributed by atoms with van der Waals surface area (Å²) in [6, 6.07) is 5.64. The van der Waals surface area contributed by atoms with Gasteiger partial charge in [0.1, 0.15) is 11.6 Å². The zero-order valence-electron chi connectivity index (χ0n) is 14.4. The highest BCUT2D eigenvalue weighted by Gasteiger charge is 2.31. The Balaban J connectivity index is 1.61. The average molecular weight is 352 g/mol.